The molecule has 2 aromatic heterocycles. The van der Waals surface area contributed by atoms with Crippen molar-refractivity contribution in [3.63, 3.8) is 0 Å². The maximum Gasteiger partial charge on any atom is 0.133 e. The van der Waals surface area contributed by atoms with E-state index in [0.29, 0.717) is 18.2 Å². The van der Waals surface area contributed by atoms with Gasteiger partial charge in [0.2, 0.25) is 0 Å². The zero-order chi connectivity index (χ0) is 13.5. The molecule has 0 aliphatic rings. The largest absolute Gasteiger partial charge is 0.395 e. The SMILES string of the molecule is OCCN(Cc1cccnc1)Cc1cccnc1Cl. The van der Waals surface area contributed by atoms with Crippen LogP contribution >= 0.6 is 11.6 Å². The van der Waals surface area contributed by atoms with E-state index in [1.165, 1.54) is 0 Å². The Kier molecular flexibility index (Phi) is 5.27. The van der Waals surface area contributed by atoms with Crippen molar-refractivity contribution in [2.75, 3.05) is 13.2 Å². The minimum absolute atomic E-state index is 0.109. The van der Waals surface area contributed by atoms with Gasteiger partial charge in [0, 0.05) is 43.8 Å². The van der Waals surface area contributed by atoms with Crippen molar-refractivity contribution in [3.8, 4) is 0 Å². The molecule has 0 fully saturated rings. The van der Waals surface area contributed by atoms with Crippen molar-refractivity contribution in [1.82, 2.24) is 14.9 Å². The molecule has 2 rings (SSSR count). The van der Waals surface area contributed by atoms with Gasteiger partial charge in [-0.15, -0.1) is 0 Å². The summed E-state index contributed by atoms with van der Waals surface area (Å²) in [5.74, 6) is 0. The number of halogens is 1. The lowest BCUT2D eigenvalue weighted by Crippen LogP contribution is -2.26. The molecule has 0 unspecified atom stereocenters. The standard InChI is InChI=1S/C14H16ClN3O/c15-14-13(4-2-6-17-14)11-18(7-8-19)10-12-3-1-5-16-9-12/h1-6,9,19H,7-8,10-11H2. The second-order valence-corrected chi connectivity index (χ2v) is 4.61. The molecule has 2 aromatic rings. The van der Waals surface area contributed by atoms with Crippen LogP contribution < -0.4 is 0 Å². The van der Waals surface area contributed by atoms with Gasteiger partial charge in [-0.3, -0.25) is 9.88 Å². The van der Waals surface area contributed by atoms with Gasteiger partial charge in [0.15, 0.2) is 0 Å². The van der Waals surface area contributed by atoms with Crippen LogP contribution in [0.4, 0.5) is 0 Å². The number of hydrogen-bond donors (Lipinski definition) is 1. The Bertz CT molecular complexity index is 507. The molecule has 0 aliphatic heterocycles. The van der Waals surface area contributed by atoms with Crippen molar-refractivity contribution in [3.05, 3.63) is 59.1 Å². The second-order valence-electron chi connectivity index (χ2n) is 4.25. The molecular formula is C14H16ClN3O. The molecule has 4 nitrogen and oxygen atoms in total. The molecule has 0 saturated heterocycles. The Morgan fingerprint density at radius 2 is 2.00 bits per heavy atom. The first kappa shape index (κ1) is 13.9. The Labute approximate surface area is 117 Å². The third-order valence-corrected chi connectivity index (χ3v) is 3.12. The van der Waals surface area contributed by atoms with E-state index in [-0.39, 0.29) is 6.61 Å². The number of aromatic nitrogens is 2. The minimum Gasteiger partial charge on any atom is -0.395 e. The monoisotopic (exact) mass is 277 g/mol. The lowest BCUT2D eigenvalue weighted by Gasteiger charge is -2.21. The normalized spacial score (nSPS) is 10.9. The van der Waals surface area contributed by atoms with Gasteiger partial charge < -0.3 is 5.11 Å². The quantitative estimate of drug-likeness (QED) is 0.822. The summed E-state index contributed by atoms with van der Waals surface area (Å²) in [6.07, 6.45) is 5.25. The number of nitrogens with zero attached hydrogens (tertiary/aromatic N) is 3. The molecule has 0 saturated carbocycles. The first-order valence-corrected chi connectivity index (χ1v) is 6.49. The van der Waals surface area contributed by atoms with Crippen LogP contribution in [0.3, 0.4) is 0 Å². The van der Waals surface area contributed by atoms with Gasteiger partial charge in [0.1, 0.15) is 5.15 Å². The maximum atomic E-state index is 9.16. The molecular weight excluding hydrogens is 262 g/mol. The van der Waals surface area contributed by atoms with E-state index in [4.69, 9.17) is 16.7 Å². The lowest BCUT2D eigenvalue weighted by molar-refractivity contribution is 0.184. The molecule has 2 heterocycles. The first-order valence-electron chi connectivity index (χ1n) is 6.11. The van der Waals surface area contributed by atoms with Crippen LogP contribution in [-0.2, 0) is 13.1 Å². The van der Waals surface area contributed by atoms with Gasteiger partial charge in [-0.25, -0.2) is 4.98 Å². The second kappa shape index (κ2) is 7.19. The fourth-order valence-corrected chi connectivity index (χ4v) is 2.06. The average molecular weight is 278 g/mol. The number of rotatable bonds is 6. The van der Waals surface area contributed by atoms with Crippen molar-refractivity contribution in [1.29, 1.82) is 0 Å². The van der Waals surface area contributed by atoms with E-state index in [1.54, 1.807) is 12.4 Å². The van der Waals surface area contributed by atoms with Crippen LogP contribution in [0.2, 0.25) is 5.15 Å². The van der Waals surface area contributed by atoms with Crippen molar-refractivity contribution >= 4 is 11.6 Å². The summed E-state index contributed by atoms with van der Waals surface area (Å²) in [5.41, 5.74) is 2.07. The highest BCUT2D eigenvalue weighted by atomic mass is 35.5. The zero-order valence-electron chi connectivity index (χ0n) is 10.5. The van der Waals surface area contributed by atoms with Gasteiger partial charge in [-0.05, 0) is 17.7 Å². The highest BCUT2D eigenvalue weighted by molar-refractivity contribution is 6.30. The molecule has 0 aromatic carbocycles. The van der Waals surface area contributed by atoms with Gasteiger partial charge in [-0.2, -0.15) is 0 Å². The van der Waals surface area contributed by atoms with Gasteiger partial charge in [-0.1, -0.05) is 23.7 Å². The van der Waals surface area contributed by atoms with Crippen molar-refractivity contribution < 1.29 is 5.11 Å². The number of aliphatic hydroxyl groups excluding tert-OH is 1. The smallest absolute Gasteiger partial charge is 0.133 e. The Hall–Kier alpha value is -1.49. The van der Waals surface area contributed by atoms with Gasteiger partial charge in [0.25, 0.3) is 0 Å². The topological polar surface area (TPSA) is 49.2 Å². The highest BCUT2D eigenvalue weighted by Gasteiger charge is 2.09. The lowest BCUT2D eigenvalue weighted by atomic mass is 10.2. The van der Waals surface area contributed by atoms with Crippen LogP contribution in [-0.4, -0.2) is 33.1 Å². The summed E-state index contributed by atoms with van der Waals surface area (Å²) in [6, 6.07) is 7.73. The fourth-order valence-electron chi connectivity index (χ4n) is 1.88. The van der Waals surface area contributed by atoms with Crippen molar-refractivity contribution in [2.45, 2.75) is 13.1 Å². The number of hydrogen-bond acceptors (Lipinski definition) is 4. The molecule has 19 heavy (non-hydrogen) atoms. The summed E-state index contributed by atoms with van der Waals surface area (Å²) < 4.78 is 0. The van der Waals surface area contributed by atoms with E-state index < -0.39 is 0 Å². The predicted octanol–water partition coefficient (Wildman–Crippen LogP) is 2.12. The zero-order valence-corrected chi connectivity index (χ0v) is 11.3. The Balaban J connectivity index is 2.06. The summed E-state index contributed by atoms with van der Waals surface area (Å²) in [7, 11) is 0. The summed E-state index contributed by atoms with van der Waals surface area (Å²) in [5, 5.41) is 9.67. The highest BCUT2D eigenvalue weighted by Crippen LogP contribution is 2.15. The summed E-state index contributed by atoms with van der Waals surface area (Å²) in [4.78, 5) is 10.3. The molecule has 0 aliphatic carbocycles. The summed E-state index contributed by atoms with van der Waals surface area (Å²) in [6.45, 7) is 2.07. The van der Waals surface area contributed by atoms with Crippen LogP contribution in [0, 0.1) is 0 Å². The molecule has 1 N–H and O–H groups in total. The van der Waals surface area contributed by atoms with E-state index in [1.807, 2.05) is 30.5 Å². The molecule has 0 atom stereocenters. The average Bonchev–Trinajstić information content (AvgIpc) is 2.43. The van der Waals surface area contributed by atoms with Crippen molar-refractivity contribution in [2.24, 2.45) is 0 Å². The van der Waals surface area contributed by atoms with E-state index in [2.05, 4.69) is 14.9 Å². The molecule has 5 heteroatoms. The molecule has 0 amide bonds. The predicted molar refractivity (Wildman–Crippen MR) is 74.7 cm³/mol. The molecule has 100 valence electrons. The third-order valence-electron chi connectivity index (χ3n) is 2.78. The van der Waals surface area contributed by atoms with E-state index in [9.17, 15) is 0 Å². The maximum absolute atomic E-state index is 9.16. The van der Waals surface area contributed by atoms with Crippen LogP contribution in [0.25, 0.3) is 0 Å². The summed E-state index contributed by atoms with van der Waals surface area (Å²) >= 11 is 6.06. The fraction of sp³-hybridized carbons (Fsp3) is 0.286. The van der Waals surface area contributed by atoms with Crippen LogP contribution in [0.5, 0.6) is 0 Å². The third kappa shape index (κ3) is 4.28. The molecule has 0 bridgehead atoms. The molecule has 0 spiro atoms. The Morgan fingerprint density at radius 3 is 2.68 bits per heavy atom. The number of pyridine rings is 2. The van der Waals surface area contributed by atoms with Gasteiger partial charge >= 0.3 is 0 Å². The van der Waals surface area contributed by atoms with Gasteiger partial charge in [0.05, 0.1) is 6.61 Å². The number of aliphatic hydroxyl groups is 1. The van der Waals surface area contributed by atoms with Crippen LogP contribution in [0.15, 0.2) is 42.9 Å². The minimum atomic E-state index is 0.109. The van der Waals surface area contributed by atoms with E-state index >= 15 is 0 Å². The van der Waals surface area contributed by atoms with Crippen LogP contribution in [0.1, 0.15) is 11.1 Å². The Morgan fingerprint density at radius 1 is 1.16 bits per heavy atom. The van der Waals surface area contributed by atoms with E-state index in [0.717, 1.165) is 17.7 Å². The first-order chi connectivity index (χ1) is 9.29. The molecule has 0 radical (unpaired) electrons.